The van der Waals surface area contributed by atoms with Crippen LogP contribution in [0.1, 0.15) is 12.5 Å². The van der Waals surface area contributed by atoms with Gasteiger partial charge < -0.3 is 19.4 Å². The summed E-state index contributed by atoms with van der Waals surface area (Å²) in [5.41, 5.74) is 2.72. The number of halogens is 1. The minimum absolute atomic E-state index is 0.105. The van der Waals surface area contributed by atoms with E-state index in [1.165, 1.54) is 0 Å². The zero-order chi connectivity index (χ0) is 18.1. The lowest BCUT2D eigenvalue weighted by Crippen LogP contribution is -2.17. The van der Waals surface area contributed by atoms with Gasteiger partial charge in [0, 0.05) is 29.3 Å². The van der Waals surface area contributed by atoms with Crippen molar-refractivity contribution in [3.8, 4) is 11.5 Å². The summed E-state index contributed by atoms with van der Waals surface area (Å²) in [7, 11) is 0. The van der Waals surface area contributed by atoms with Gasteiger partial charge in [-0.3, -0.25) is 4.79 Å². The molecule has 1 aliphatic rings. The van der Waals surface area contributed by atoms with Crippen LogP contribution in [0, 0.1) is 0 Å². The van der Waals surface area contributed by atoms with Crippen LogP contribution >= 0.6 is 11.6 Å². The van der Waals surface area contributed by atoms with Crippen molar-refractivity contribution in [2.45, 2.75) is 19.9 Å². The molecule has 0 atom stereocenters. The van der Waals surface area contributed by atoms with Gasteiger partial charge in [-0.2, -0.15) is 0 Å². The van der Waals surface area contributed by atoms with E-state index in [0.717, 1.165) is 28.7 Å². The molecular formula is C20H19ClN2O3. The Kier molecular flexibility index (Phi) is 4.47. The number of rotatable bonds is 4. The SMILES string of the molecule is CCn1ccc2cc(NC(=O)Cc3cc(Cl)c4c(c3)OCCO4)ccc21. The standard InChI is InChI=1S/C20H19ClN2O3/c1-2-23-6-5-14-12-15(3-4-17(14)23)22-19(24)11-13-9-16(21)20-18(10-13)25-7-8-26-20/h3-6,9-10,12H,2,7-8,11H2,1H3,(H,22,24). The van der Waals surface area contributed by atoms with Crippen molar-refractivity contribution >= 4 is 34.1 Å². The van der Waals surface area contributed by atoms with Gasteiger partial charge in [-0.05, 0) is 48.9 Å². The van der Waals surface area contributed by atoms with E-state index < -0.39 is 0 Å². The number of hydrogen-bond donors (Lipinski definition) is 1. The van der Waals surface area contributed by atoms with E-state index in [-0.39, 0.29) is 12.3 Å². The summed E-state index contributed by atoms with van der Waals surface area (Å²) in [6, 6.07) is 11.5. The van der Waals surface area contributed by atoms with Crippen molar-refractivity contribution in [1.29, 1.82) is 0 Å². The summed E-state index contributed by atoms with van der Waals surface area (Å²) in [4.78, 5) is 12.4. The summed E-state index contributed by atoms with van der Waals surface area (Å²) in [6.45, 7) is 3.98. The van der Waals surface area contributed by atoms with E-state index in [1.807, 2.05) is 30.5 Å². The Bertz CT molecular complexity index is 981. The summed E-state index contributed by atoms with van der Waals surface area (Å²) >= 11 is 6.23. The number of anilines is 1. The van der Waals surface area contributed by atoms with Crippen molar-refractivity contribution in [1.82, 2.24) is 4.57 Å². The van der Waals surface area contributed by atoms with E-state index in [9.17, 15) is 4.79 Å². The van der Waals surface area contributed by atoms with E-state index in [1.54, 1.807) is 6.07 Å². The molecule has 0 fully saturated rings. The number of ether oxygens (including phenoxy) is 2. The molecular weight excluding hydrogens is 352 g/mol. The number of carbonyl (C=O) groups excluding carboxylic acids is 1. The number of carbonyl (C=O) groups is 1. The van der Waals surface area contributed by atoms with Crippen LogP contribution in [0.3, 0.4) is 0 Å². The Morgan fingerprint density at radius 2 is 2.04 bits per heavy atom. The summed E-state index contributed by atoms with van der Waals surface area (Å²) in [5, 5.41) is 4.51. The molecule has 0 saturated heterocycles. The quantitative estimate of drug-likeness (QED) is 0.746. The number of fused-ring (bicyclic) bond motifs is 2. The molecule has 1 aromatic heterocycles. The second-order valence-electron chi connectivity index (χ2n) is 6.20. The molecule has 0 spiro atoms. The van der Waals surface area contributed by atoms with Gasteiger partial charge in [-0.1, -0.05) is 11.6 Å². The highest BCUT2D eigenvalue weighted by molar-refractivity contribution is 6.32. The van der Waals surface area contributed by atoms with Crippen LogP contribution in [0.2, 0.25) is 5.02 Å². The molecule has 0 bridgehead atoms. The highest BCUT2D eigenvalue weighted by Gasteiger charge is 2.17. The minimum Gasteiger partial charge on any atom is -0.486 e. The zero-order valence-corrected chi connectivity index (χ0v) is 15.2. The fourth-order valence-electron chi connectivity index (χ4n) is 3.21. The minimum atomic E-state index is -0.105. The van der Waals surface area contributed by atoms with Gasteiger partial charge in [0.15, 0.2) is 11.5 Å². The van der Waals surface area contributed by atoms with E-state index in [2.05, 4.69) is 22.9 Å². The monoisotopic (exact) mass is 370 g/mol. The molecule has 134 valence electrons. The number of benzene rings is 2. The van der Waals surface area contributed by atoms with Crippen LogP contribution in [0.4, 0.5) is 5.69 Å². The van der Waals surface area contributed by atoms with Gasteiger partial charge in [0.05, 0.1) is 11.4 Å². The Morgan fingerprint density at radius 3 is 2.88 bits per heavy atom. The lowest BCUT2D eigenvalue weighted by Gasteiger charge is -2.20. The Labute approximate surface area is 156 Å². The van der Waals surface area contributed by atoms with Crippen molar-refractivity contribution in [2.24, 2.45) is 0 Å². The smallest absolute Gasteiger partial charge is 0.228 e. The predicted molar refractivity (Wildman–Crippen MR) is 102 cm³/mol. The molecule has 1 amide bonds. The fraction of sp³-hybridized carbons (Fsp3) is 0.250. The normalized spacial score (nSPS) is 13.0. The lowest BCUT2D eigenvalue weighted by atomic mass is 10.1. The molecule has 0 radical (unpaired) electrons. The van der Waals surface area contributed by atoms with Crippen LogP contribution in [-0.2, 0) is 17.8 Å². The van der Waals surface area contributed by atoms with Crippen LogP contribution in [-0.4, -0.2) is 23.7 Å². The number of amides is 1. The molecule has 26 heavy (non-hydrogen) atoms. The lowest BCUT2D eigenvalue weighted by molar-refractivity contribution is -0.115. The maximum Gasteiger partial charge on any atom is 0.228 e. The number of nitrogens with zero attached hydrogens (tertiary/aromatic N) is 1. The number of hydrogen-bond acceptors (Lipinski definition) is 3. The molecule has 0 unspecified atom stereocenters. The molecule has 1 aliphatic heterocycles. The molecule has 1 N–H and O–H groups in total. The maximum absolute atomic E-state index is 12.4. The highest BCUT2D eigenvalue weighted by atomic mass is 35.5. The summed E-state index contributed by atoms with van der Waals surface area (Å²) in [6.07, 6.45) is 2.26. The first kappa shape index (κ1) is 16.8. The number of aryl methyl sites for hydroxylation is 1. The Balaban J connectivity index is 1.49. The van der Waals surface area contributed by atoms with E-state index in [0.29, 0.717) is 29.7 Å². The molecule has 0 saturated carbocycles. The largest absolute Gasteiger partial charge is 0.486 e. The van der Waals surface area contributed by atoms with Gasteiger partial charge >= 0.3 is 0 Å². The molecule has 2 aromatic carbocycles. The third-order valence-electron chi connectivity index (χ3n) is 4.42. The number of aromatic nitrogens is 1. The first-order valence-corrected chi connectivity index (χ1v) is 8.98. The third kappa shape index (κ3) is 3.22. The molecule has 4 rings (SSSR count). The van der Waals surface area contributed by atoms with Crippen molar-refractivity contribution < 1.29 is 14.3 Å². The van der Waals surface area contributed by atoms with Gasteiger partial charge in [0.1, 0.15) is 13.2 Å². The average Bonchev–Trinajstić information content (AvgIpc) is 3.04. The predicted octanol–water partition coefficient (Wildman–Crippen LogP) is 4.27. The zero-order valence-electron chi connectivity index (χ0n) is 14.4. The third-order valence-corrected chi connectivity index (χ3v) is 4.70. The first-order valence-electron chi connectivity index (χ1n) is 8.61. The topological polar surface area (TPSA) is 52.5 Å². The van der Waals surface area contributed by atoms with Crippen LogP contribution in [0.15, 0.2) is 42.6 Å². The van der Waals surface area contributed by atoms with Gasteiger partial charge in [0.2, 0.25) is 5.91 Å². The van der Waals surface area contributed by atoms with Crippen molar-refractivity contribution in [2.75, 3.05) is 18.5 Å². The van der Waals surface area contributed by atoms with Crippen molar-refractivity contribution in [3.63, 3.8) is 0 Å². The van der Waals surface area contributed by atoms with Gasteiger partial charge in [0.25, 0.3) is 0 Å². The summed E-state index contributed by atoms with van der Waals surface area (Å²) in [5.74, 6) is 1.04. The van der Waals surface area contributed by atoms with Crippen LogP contribution in [0.5, 0.6) is 11.5 Å². The average molecular weight is 371 g/mol. The second-order valence-corrected chi connectivity index (χ2v) is 6.61. The molecule has 3 aromatic rings. The number of nitrogens with one attached hydrogen (secondary N) is 1. The van der Waals surface area contributed by atoms with Crippen LogP contribution in [0.25, 0.3) is 10.9 Å². The Hall–Kier alpha value is -2.66. The fourth-order valence-corrected chi connectivity index (χ4v) is 3.50. The van der Waals surface area contributed by atoms with E-state index in [4.69, 9.17) is 21.1 Å². The second kappa shape index (κ2) is 6.92. The molecule has 6 heteroatoms. The van der Waals surface area contributed by atoms with Crippen LogP contribution < -0.4 is 14.8 Å². The summed E-state index contributed by atoms with van der Waals surface area (Å²) < 4.78 is 13.2. The van der Waals surface area contributed by atoms with Crippen molar-refractivity contribution in [3.05, 3.63) is 53.2 Å². The van der Waals surface area contributed by atoms with E-state index >= 15 is 0 Å². The maximum atomic E-state index is 12.4. The molecule has 2 heterocycles. The first-order chi connectivity index (χ1) is 12.6. The molecule has 0 aliphatic carbocycles. The Morgan fingerprint density at radius 1 is 1.19 bits per heavy atom. The highest BCUT2D eigenvalue weighted by Crippen LogP contribution is 2.38. The molecule has 5 nitrogen and oxygen atoms in total. The van der Waals surface area contributed by atoms with Gasteiger partial charge in [-0.25, -0.2) is 0 Å². The van der Waals surface area contributed by atoms with Gasteiger partial charge in [-0.15, -0.1) is 0 Å².